The van der Waals surface area contributed by atoms with Crippen molar-refractivity contribution in [1.29, 1.82) is 0 Å². The van der Waals surface area contributed by atoms with Gasteiger partial charge in [0.2, 0.25) is 0 Å². The minimum atomic E-state index is 0.418. The Morgan fingerprint density at radius 2 is 1.76 bits per heavy atom. The minimum Gasteiger partial charge on any atom is -0.313 e. The van der Waals surface area contributed by atoms with Crippen molar-refractivity contribution in [2.45, 2.75) is 71.4 Å². The van der Waals surface area contributed by atoms with Crippen LogP contribution in [0.5, 0.6) is 0 Å². The average Bonchev–Trinajstić information content (AvgIpc) is 2.97. The maximum absolute atomic E-state index is 3.69. The maximum atomic E-state index is 3.69. The zero-order chi connectivity index (χ0) is 12.3. The first-order valence-electron chi connectivity index (χ1n) is 7.58. The second kappa shape index (κ2) is 5.71. The molecule has 0 aromatic rings. The summed E-state index contributed by atoms with van der Waals surface area (Å²) in [7, 11) is 0. The van der Waals surface area contributed by atoms with E-state index in [0.717, 1.165) is 12.1 Å². The summed E-state index contributed by atoms with van der Waals surface area (Å²) in [5, 5.41) is 3.69. The number of nitrogens with zero attached hydrogens (tertiary/aromatic N) is 1. The molecule has 0 aromatic carbocycles. The van der Waals surface area contributed by atoms with Crippen molar-refractivity contribution >= 4 is 0 Å². The average molecular weight is 238 g/mol. The first-order valence-corrected chi connectivity index (χ1v) is 7.58. The van der Waals surface area contributed by atoms with Crippen LogP contribution >= 0.6 is 0 Å². The molecule has 0 spiro atoms. The van der Waals surface area contributed by atoms with Crippen molar-refractivity contribution in [3.8, 4) is 0 Å². The van der Waals surface area contributed by atoms with Crippen LogP contribution in [-0.4, -0.2) is 36.6 Å². The molecule has 2 aliphatic rings. The van der Waals surface area contributed by atoms with Gasteiger partial charge in [0, 0.05) is 25.2 Å². The van der Waals surface area contributed by atoms with Crippen LogP contribution in [0.2, 0.25) is 0 Å². The summed E-state index contributed by atoms with van der Waals surface area (Å²) in [5.74, 6) is 0. The van der Waals surface area contributed by atoms with Gasteiger partial charge in [0.05, 0.1) is 0 Å². The summed E-state index contributed by atoms with van der Waals surface area (Å²) in [5.41, 5.74) is 0.418. The quantitative estimate of drug-likeness (QED) is 0.733. The lowest BCUT2D eigenvalue weighted by molar-refractivity contribution is 0.134. The molecule has 17 heavy (non-hydrogen) atoms. The molecule has 0 atom stereocenters. The van der Waals surface area contributed by atoms with Crippen LogP contribution in [0, 0.1) is 5.41 Å². The predicted octanol–water partition coefficient (Wildman–Crippen LogP) is 3.03. The van der Waals surface area contributed by atoms with E-state index in [0.29, 0.717) is 5.41 Å². The van der Waals surface area contributed by atoms with Crippen molar-refractivity contribution in [3.05, 3.63) is 0 Å². The van der Waals surface area contributed by atoms with Crippen LogP contribution in [-0.2, 0) is 0 Å². The molecule has 0 aliphatic heterocycles. The van der Waals surface area contributed by atoms with Gasteiger partial charge in [-0.25, -0.2) is 0 Å². The second-order valence-corrected chi connectivity index (χ2v) is 6.82. The van der Waals surface area contributed by atoms with Gasteiger partial charge in [0.25, 0.3) is 0 Å². The molecule has 2 fully saturated rings. The standard InChI is InChI=1S/C15H30N2/c1-4-17(14-7-5-6-8-14)12-15(2,3)11-16-13-9-10-13/h13-14,16H,4-12H2,1-3H3. The summed E-state index contributed by atoms with van der Waals surface area (Å²) < 4.78 is 0. The topological polar surface area (TPSA) is 15.3 Å². The number of hydrogen-bond donors (Lipinski definition) is 1. The highest BCUT2D eigenvalue weighted by Crippen LogP contribution is 2.27. The monoisotopic (exact) mass is 238 g/mol. The SMILES string of the molecule is CCN(CC(C)(C)CNC1CC1)C1CCCC1. The Balaban J connectivity index is 1.77. The highest BCUT2D eigenvalue weighted by molar-refractivity contribution is 4.87. The molecule has 1 N–H and O–H groups in total. The number of nitrogens with one attached hydrogen (secondary N) is 1. The van der Waals surface area contributed by atoms with Crippen LogP contribution in [0.1, 0.15) is 59.3 Å². The largest absolute Gasteiger partial charge is 0.313 e. The van der Waals surface area contributed by atoms with Gasteiger partial charge >= 0.3 is 0 Å². The predicted molar refractivity (Wildman–Crippen MR) is 74.3 cm³/mol. The lowest BCUT2D eigenvalue weighted by atomic mass is 9.91. The van der Waals surface area contributed by atoms with E-state index in [2.05, 4.69) is 31.0 Å². The fourth-order valence-electron chi connectivity index (χ4n) is 3.08. The molecule has 100 valence electrons. The third-order valence-electron chi connectivity index (χ3n) is 4.33. The van der Waals surface area contributed by atoms with E-state index >= 15 is 0 Å². The Hall–Kier alpha value is -0.0800. The Labute approximate surface area is 107 Å². The van der Waals surface area contributed by atoms with E-state index in [1.165, 1.54) is 58.2 Å². The summed E-state index contributed by atoms with van der Waals surface area (Å²) in [6, 6.07) is 1.72. The van der Waals surface area contributed by atoms with Gasteiger partial charge in [-0.2, -0.15) is 0 Å². The lowest BCUT2D eigenvalue weighted by Gasteiger charge is -2.36. The van der Waals surface area contributed by atoms with Crippen molar-refractivity contribution in [2.24, 2.45) is 5.41 Å². The van der Waals surface area contributed by atoms with Crippen molar-refractivity contribution in [1.82, 2.24) is 10.2 Å². The summed E-state index contributed by atoms with van der Waals surface area (Å²) in [6.07, 6.45) is 8.55. The van der Waals surface area contributed by atoms with Gasteiger partial charge in [0.15, 0.2) is 0 Å². The first-order chi connectivity index (χ1) is 8.11. The lowest BCUT2D eigenvalue weighted by Crippen LogP contribution is -2.44. The molecule has 0 unspecified atom stereocenters. The van der Waals surface area contributed by atoms with Gasteiger partial charge in [-0.05, 0) is 37.6 Å². The molecule has 2 saturated carbocycles. The van der Waals surface area contributed by atoms with Crippen LogP contribution < -0.4 is 5.32 Å². The molecule has 0 heterocycles. The molecule has 0 bridgehead atoms. The molecule has 2 heteroatoms. The molecule has 0 amide bonds. The van der Waals surface area contributed by atoms with Crippen LogP contribution in [0.25, 0.3) is 0 Å². The summed E-state index contributed by atoms with van der Waals surface area (Å²) >= 11 is 0. The van der Waals surface area contributed by atoms with Gasteiger partial charge in [-0.1, -0.05) is 33.6 Å². The van der Waals surface area contributed by atoms with Crippen molar-refractivity contribution in [2.75, 3.05) is 19.6 Å². The minimum absolute atomic E-state index is 0.418. The van der Waals surface area contributed by atoms with Crippen LogP contribution in [0.4, 0.5) is 0 Å². The highest BCUT2D eigenvalue weighted by atomic mass is 15.2. The number of rotatable bonds is 7. The van der Waals surface area contributed by atoms with Crippen LogP contribution in [0.3, 0.4) is 0 Å². The van der Waals surface area contributed by atoms with E-state index in [1.54, 1.807) is 0 Å². The van der Waals surface area contributed by atoms with E-state index in [4.69, 9.17) is 0 Å². The van der Waals surface area contributed by atoms with Crippen molar-refractivity contribution in [3.63, 3.8) is 0 Å². The molecule has 2 aliphatic carbocycles. The molecule has 0 saturated heterocycles. The van der Waals surface area contributed by atoms with E-state index in [-0.39, 0.29) is 0 Å². The zero-order valence-electron chi connectivity index (χ0n) is 12.0. The van der Waals surface area contributed by atoms with Gasteiger partial charge < -0.3 is 10.2 Å². The summed E-state index contributed by atoms with van der Waals surface area (Å²) in [4.78, 5) is 2.72. The first kappa shape index (κ1) is 13.4. The third-order valence-corrected chi connectivity index (χ3v) is 4.33. The second-order valence-electron chi connectivity index (χ2n) is 6.82. The molecule has 2 nitrogen and oxygen atoms in total. The molecule has 0 radical (unpaired) electrons. The van der Waals surface area contributed by atoms with Crippen molar-refractivity contribution < 1.29 is 0 Å². The zero-order valence-corrected chi connectivity index (χ0v) is 12.0. The maximum Gasteiger partial charge on any atom is 0.00953 e. The van der Waals surface area contributed by atoms with Gasteiger partial charge in [0.1, 0.15) is 0 Å². The Kier molecular flexibility index (Phi) is 4.48. The van der Waals surface area contributed by atoms with E-state index in [1.807, 2.05) is 0 Å². The van der Waals surface area contributed by atoms with Gasteiger partial charge in [-0.15, -0.1) is 0 Å². The normalized spacial score (nSPS) is 22.6. The van der Waals surface area contributed by atoms with E-state index < -0.39 is 0 Å². The smallest absolute Gasteiger partial charge is 0.00953 e. The molecule has 0 aromatic heterocycles. The Bertz CT molecular complexity index is 227. The molecular formula is C15H30N2. The fraction of sp³-hybridized carbons (Fsp3) is 1.00. The Morgan fingerprint density at radius 3 is 2.29 bits per heavy atom. The molecule has 2 rings (SSSR count). The van der Waals surface area contributed by atoms with Gasteiger partial charge in [-0.3, -0.25) is 0 Å². The molecular weight excluding hydrogens is 208 g/mol. The third kappa shape index (κ3) is 4.26. The van der Waals surface area contributed by atoms with E-state index in [9.17, 15) is 0 Å². The van der Waals surface area contributed by atoms with Crippen LogP contribution in [0.15, 0.2) is 0 Å². The Morgan fingerprint density at radius 1 is 1.12 bits per heavy atom. The summed E-state index contributed by atoms with van der Waals surface area (Å²) in [6.45, 7) is 10.8. The highest BCUT2D eigenvalue weighted by Gasteiger charge is 2.29. The fourth-order valence-corrected chi connectivity index (χ4v) is 3.08. The number of hydrogen-bond acceptors (Lipinski definition) is 2.